The highest BCUT2D eigenvalue weighted by atomic mass is 31.2. The van der Waals surface area contributed by atoms with Crippen molar-refractivity contribution in [1.82, 2.24) is 0 Å². The van der Waals surface area contributed by atoms with Gasteiger partial charge in [-0.25, -0.2) is 0 Å². The molecule has 9 nitrogen and oxygen atoms in total. The smallest absolute Gasteiger partial charge is 0.306 e. The first-order valence-corrected chi connectivity index (χ1v) is 30.4. The largest absolute Gasteiger partial charge is 0.756 e. The van der Waals surface area contributed by atoms with E-state index in [1.165, 1.54) is 32.1 Å². The number of allylic oxidation sites excluding steroid dienone is 22. The molecule has 0 radical (unpaired) electrons. The Morgan fingerprint density at radius 1 is 0.419 bits per heavy atom. The zero-order valence-electron chi connectivity index (χ0n) is 47.5. The van der Waals surface area contributed by atoms with Gasteiger partial charge in [0.1, 0.15) is 19.8 Å². The third kappa shape index (κ3) is 57.4. The molecular formula is C64H106NO8P. The molecule has 0 N–H and O–H groups in total. The first-order valence-electron chi connectivity index (χ1n) is 28.9. The number of rotatable bonds is 51. The van der Waals surface area contributed by atoms with Crippen LogP contribution in [0.5, 0.6) is 0 Å². The fraction of sp³-hybridized carbons (Fsp3) is 0.625. The van der Waals surface area contributed by atoms with E-state index in [0.717, 1.165) is 135 Å². The van der Waals surface area contributed by atoms with Crippen LogP contribution in [-0.2, 0) is 32.7 Å². The molecule has 0 aliphatic rings. The molecule has 0 heterocycles. The standard InChI is InChI=1S/C64H106NO8P/c1-6-8-10-12-14-16-18-20-22-24-26-27-28-29-30-31-32-33-34-35-36-37-39-41-43-45-47-49-51-53-55-57-64(67)73-62(61-72-74(68,69)71-59-58-65(3,4)5)60-70-63(66)56-54-52-50-48-46-44-42-40-38-25-23-21-19-17-15-13-11-9-7-2/h8-11,14-17,20-23,26-27,29-30,32-33,35-36,38,40,62H,6-7,12-13,18-19,24-25,28,31,34,37,39,41-61H2,1-5H3/b10-8-,11-9-,16-14-,17-15-,22-20-,23-21-,27-26-,30-29-,33-32-,36-35-,40-38-. The maximum absolute atomic E-state index is 12.8. The molecule has 0 spiro atoms. The molecule has 0 aromatic rings. The van der Waals surface area contributed by atoms with Gasteiger partial charge in [-0.1, -0.05) is 218 Å². The van der Waals surface area contributed by atoms with Crippen LogP contribution in [0.4, 0.5) is 0 Å². The van der Waals surface area contributed by atoms with Crippen LogP contribution in [-0.4, -0.2) is 70.0 Å². The Hall–Kier alpha value is -3.85. The monoisotopic (exact) mass is 1050 g/mol. The molecule has 420 valence electrons. The van der Waals surface area contributed by atoms with Gasteiger partial charge in [-0.05, 0) is 109 Å². The van der Waals surface area contributed by atoms with Gasteiger partial charge >= 0.3 is 11.9 Å². The summed E-state index contributed by atoms with van der Waals surface area (Å²) in [4.78, 5) is 37.9. The van der Waals surface area contributed by atoms with E-state index >= 15 is 0 Å². The predicted molar refractivity (Wildman–Crippen MR) is 314 cm³/mol. The molecule has 10 heteroatoms. The van der Waals surface area contributed by atoms with E-state index < -0.39 is 32.5 Å². The molecule has 0 rings (SSSR count). The molecule has 0 saturated carbocycles. The highest BCUT2D eigenvalue weighted by Crippen LogP contribution is 2.38. The second kappa shape index (κ2) is 54.0. The summed E-state index contributed by atoms with van der Waals surface area (Å²) in [5.74, 6) is -0.867. The summed E-state index contributed by atoms with van der Waals surface area (Å²) in [6, 6.07) is 0. The second-order valence-corrected chi connectivity index (χ2v) is 21.3. The molecule has 2 unspecified atom stereocenters. The molecule has 0 amide bonds. The summed E-state index contributed by atoms with van der Waals surface area (Å²) in [5, 5.41) is 0. The SMILES string of the molecule is CC/C=C\C/C=C\C/C=C\C/C=C\C/C=C\C/C=C\C/C=C\CCCCCCCCCCCC(=O)OC(COC(=O)CCCCCCCC/C=C\C/C=C\C/C=C\C/C=C\CC)COP(=O)([O-])OCC[N+](C)(C)C. The number of hydrogen-bond donors (Lipinski definition) is 0. The lowest BCUT2D eigenvalue weighted by Gasteiger charge is -2.28. The number of ether oxygens (including phenoxy) is 2. The Bertz CT molecular complexity index is 1710. The second-order valence-electron chi connectivity index (χ2n) is 19.9. The van der Waals surface area contributed by atoms with Crippen LogP contribution in [0.1, 0.15) is 206 Å². The zero-order valence-corrected chi connectivity index (χ0v) is 48.4. The summed E-state index contributed by atoms with van der Waals surface area (Å²) >= 11 is 0. The minimum atomic E-state index is -4.65. The number of quaternary nitrogens is 1. The molecule has 0 aliphatic heterocycles. The maximum atomic E-state index is 12.8. The van der Waals surface area contributed by atoms with Gasteiger partial charge in [0, 0.05) is 12.8 Å². The van der Waals surface area contributed by atoms with Crippen molar-refractivity contribution in [2.45, 2.75) is 213 Å². The van der Waals surface area contributed by atoms with Crippen LogP contribution in [0.15, 0.2) is 134 Å². The van der Waals surface area contributed by atoms with Crippen molar-refractivity contribution in [3.8, 4) is 0 Å². The fourth-order valence-corrected chi connectivity index (χ4v) is 8.00. The molecule has 0 aliphatic carbocycles. The lowest BCUT2D eigenvalue weighted by Crippen LogP contribution is -2.37. The average molecular weight is 1050 g/mol. The van der Waals surface area contributed by atoms with Gasteiger partial charge in [0.2, 0.25) is 0 Å². The van der Waals surface area contributed by atoms with Crippen molar-refractivity contribution in [2.24, 2.45) is 0 Å². The van der Waals surface area contributed by atoms with Gasteiger partial charge in [0.15, 0.2) is 6.10 Å². The van der Waals surface area contributed by atoms with Crippen molar-refractivity contribution in [3.63, 3.8) is 0 Å². The number of phosphoric acid groups is 1. The lowest BCUT2D eigenvalue weighted by atomic mass is 10.1. The summed E-state index contributed by atoms with van der Waals surface area (Å²) in [6.45, 7) is 3.97. The van der Waals surface area contributed by atoms with Crippen molar-refractivity contribution in [3.05, 3.63) is 134 Å². The van der Waals surface area contributed by atoms with E-state index in [-0.39, 0.29) is 26.1 Å². The van der Waals surface area contributed by atoms with Crippen molar-refractivity contribution in [1.29, 1.82) is 0 Å². The summed E-state index contributed by atoms with van der Waals surface area (Å²) in [5.41, 5.74) is 0. The molecule has 74 heavy (non-hydrogen) atoms. The Labute approximate surface area is 453 Å². The number of carbonyl (C=O) groups is 2. The first-order chi connectivity index (χ1) is 36.0. The predicted octanol–water partition coefficient (Wildman–Crippen LogP) is 17.5. The van der Waals surface area contributed by atoms with E-state index in [9.17, 15) is 19.0 Å². The van der Waals surface area contributed by atoms with Gasteiger partial charge in [-0.2, -0.15) is 0 Å². The summed E-state index contributed by atoms with van der Waals surface area (Å²) in [7, 11) is 1.13. The number of carbonyl (C=O) groups excluding carboxylic acids is 2. The summed E-state index contributed by atoms with van der Waals surface area (Å²) in [6.07, 6.45) is 77.7. The number of esters is 2. The number of unbranched alkanes of at least 4 members (excludes halogenated alkanes) is 15. The molecule has 0 aromatic carbocycles. The normalized spacial score (nSPS) is 14.3. The van der Waals surface area contributed by atoms with Crippen LogP contribution >= 0.6 is 7.82 Å². The third-order valence-electron chi connectivity index (χ3n) is 11.7. The van der Waals surface area contributed by atoms with Crippen LogP contribution < -0.4 is 4.89 Å². The first kappa shape index (κ1) is 70.1. The van der Waals surface area contributed by atoms with Crippen LogP contribution in [0.25, 0.3) is 0 Å². The Morgan fingerprint density at radius 2 is 0.730 bits per heavy atom. The highest BCUT2D eigenvalue weighted by molar-refractivity contribution is 7.45. The van der Waals surface area contributed by atoms with Gasteiger partial charge in [-0.15, -0.1) is 0 Å². The molecular weight excluding hydrogens is 942 g/mol. The van der Waals surface area contributed by atoms with E-state index in [1.807, 2.05) is 21.1 Å². The molecule has 0 saturated heterocycles. The third-order valence-corrected chi connectivity index (χ3v) is 12.6. The van der Waals surface area contributed by atoms with E-state index in [1.54, 1.807) is 0 Å². The van der Waals surface area contributed by atoms with Crippen LogP contribution in [0, 0.1) is 0 Å². The zero-order chi connectivity index (χ0) is 54.2. The molecule has 0 bridgehead atoms. The summed E-state index contributed by atoms with van der Waals surface area (Å²) < 4.78 is 34.1. The number of likely N-dealkylation sites (N-methyl/N-ethyl adjacent to an activating group) is 1. The van der Waals surface area contributed by atoms with Gasteiger partial charge in [0.25, 0.3) is 7.82 Å². The quantitative estimate of drug-likeness (QED) is 0.0195. The van der Waals surface area contributed by atoms with Crippen LogP contribution in [0.2, 0.25) is 0 Å². The van der Waals surface area contributed by atoms with E-state index in [2.05, 4.69) is 148 Å². The minimum absolute atomic E-state index is 0.0422. The Balaban J connectivity index is 4.23. The van der Waals surface area contributed by atoms with Gasteiger partial charge in [0.05, 0.1) is 27.7 Å². The number of hydrogen-bond acceptors (Lipinski definition) is 8. The molecule has 0 fully saturated rings. The Morgan fingerprint density at radius 3 is 1.08 bits per heavy atom. The fourth-order valence-electron chi connectivity index (χ4n) is 7.27. The molecule has 0 aromatic heterocycles. The number of nitrogens with zero attached hydrogens (tertiary/aromatic N) is 1. The van der Waals surface area contributed by atoms with Crippen molar-refractivity contribution in [2.75, 3.05) is 47.5 Å². The highest BCUT2D eigenvalue weighted by Gasteiger charge is 2.21. The molecule has 2 atom stereocenters. The average Bonchev–Trinajstić information content (AvgIpc) is 3.36. The minimum Gasteiger partial charge on any atom is -0.756 e. The van der Waals surface area contributed by atoms with Crippen molar-refractivity contribution < 1.29 is 42.1 Å². The van der Waals surface area contributed by atoms with Crippen LogP contribution in [0.3, 0.4) is 0 Å². The van der Waals surface area contributed by atoms with Gasteiger partial charge < -0.3 is 27.9 Å². The topological polar surface area (TPSA) is 111 Å². The van der Waals surface area contributed by atoms with Crippen molar-refractivity contribution >= 4 is 19.8 Å². The van der Waals surface area contributed by atoms with E-state index in [4.69, 9.17) is 18.5 Å². The Kier molecular flexibility index (Phi) is 51.2. The van der Waals surface area contributed by atoms with E-state index in [0.29, 0.717) is 23.9 Å². The maximum Gasteiger partial charge on any atom is 0.306 e. The lowest BCUT2D eigenvalue weighted by molar-refractivity contribution is -0.870. The van der Waals surface area contributed by atoms with Gasteiger partial charge in [-0.3, -0.25) is 14.2 Å². The number of phosphoric ester groups is 1.